The van der Waals surface area contributed by atoms with E-state index in [1.54, 1.807) is 6.07 Å². The van der Waals surface area contributed by atoms with E-state index in [9.17, 15) is 4.79 Å². The molecule has 1 aromatic heterocycles. The third-order valence-electron chi connectivity index (χ3n) is 3.28. The van der Waals surface area contributed by atoms with Crippen molar-refractivity contribution in [1.29, 1.82) is 0 Å². The van der Waals surface area contributed by atoms with Crippen molar-refractivity contribution in [2.75, 3.05) is 0 Å². The van der Waals surface area contributed by atoms with E-state index >= 15 is 0 Å². The Kier molecular flexibility index (Phi) is 3.20. The van der Waals surface area contributed by atoms with Gasteiger partial charge >= 0.3 is 5.97 Å². The number of rotatable bonds is 3. The second-order valence-corrected chi connectivity index (χ2v) is 4.98. The standard InChI is InChI=1S/C16H12ClNO2/c17-13-8-4-7-11-12(9-14(19)20)15(18-16(11)13)10-5-2-1-3-6-10/h1-8,18H,9H2,(H,19,20). The number of aliphatic carboxylic acids is 1. The zero-order valence-corrected chi connectivity index (χ0v) is 11.3. The molecule has 2 aromatic carbocycles. The molecule has 2 N–H and O–H groups in total. The van der Waals surface area contributed by atoms with Crippen LogP contribution < -0.4 is 0 Å². The number of aromatic amines is 1. The van der Waals surface area contributed by atoms with Gasteiger partial charge < -0.3 is 10.1 Å². The predicted octanol–water partition coefficient (Wildman–Crippen LogP) is 4.12. The van der Waals surface area contributed by atoms with Gasteiger partial charge in [-0.1, -0.05) is 54.1 Å². The van der Waals surface area contributed by atoms with Crippen molar-refractivity contribution in [1.82, 2.24) is 4.98 Å². The SMILES string of the molecule is O=C(O)Cc1c(-c2ccccc2)[nH]c2c(Cl)cccc12. The van der Waals surface area contributed by atoms with E-state index in [1.165, 1.54) is 0 Å². The second kappa shape index (κ2) is 5.02. The summed E-state index contributed by atoms with van der Waals surface area (Å²) in [6.07, 6.45) is -0.0371. The van der Waals surface area contributed by atoms with Gasteiger partial charge in [0.05, 0.1) is 22.7 Å². The molecule has 20 heavy (non-hydrogen) atoms. The lowest BCUT2D eigenvalue weighted by molar-refractivity contribution is -0.136. The number of aromatic nitrogens is 1. The van der Waals surface area contributed by atoms with E-state index in [0.29, 0.717) is 5.02 Å². The van der Waals surface area contributed by atoms with Crippen LogP contribution >= 0.6 is 11.6 Å². The number of carbonyl (C=O) groups is 1. The summed E-state index contributed by atoms with van der Waals surface area (Å²) in [6.45, 7) is 0. The molecular formula is C16H12ClNO2. The van der Waals surface area contributed by atoms with Gasteiger partial charge in [-0.2, -0.15) is 0 Å². The van der Waals surface area contributed by atoms with Gasteiger partial charge in [-0.05, 0) is 17.2 Å². The van der Waals surface area contributed by atoms with Crippen LogP contribution in [0.4, 0.5) is 0 Å². The first kappa shape index (κ1) is 12.8. The van der Waals surface area contributed by atoms with Crippen molar-refractivity contribution in [2.45, 2.75) is 6.42 Å². The highest BCUT2D eigenvalue weighted by molar-refractivity contribution is 6.35. The molecule has 0 spiro atoms. The van der Waals surface area contributed by atoms with Gasteiger partial charge in [0.15, 0.2) is 0 Å². The predicted molar refractivity (Wildman–Crippen MR) is 80.1 cm³/mol. The van der Waals surface area contributed by atoms with E-state index in [1.807, 2.05) is 42.5 Å². The van der Waals surface area contributed by atoms with E-state index in [0.717, 1.165) is 27.7 Å². The Labute approximate surface area is 120 Å². The molecule has 0 aliphatic heterocycles. The lowest BCUT2D eigenvalue weighted by Crippen LogP contribution is -2.00. The summed E-state index contributed by atoms with van der Waals surface area (Å²) < 4.78 is 0. The Morgan fingerprint density at radius 3 is 2.55 bits per heavy atom. The second-order valence-electron chi connectivity index (χ2n) is 4.58. The summed E-state index contributed by atoms with van der Waals surface area (Å²) in [7, 11) is 0. The molecule has 0 amide bonds. The third-order valence-corrected chi connectivity index (χ3v) is 3.60. The number of halogens is 1. The minimum Gasteiger partial charge on any atom is -0.481 e. The number of carboxylic acids is 1. The highest BCUT2D eigenvalue weighted by Crippen LogP contribution is 2.33. The molecule has 0 saturated carbocycles. The summed E-state index contributed by atoms with van der Waals surface area (Å²) in [5, 5.41) is 10.6. The van der Waals surface area contributed by atoms with Crippen LogP contribution in [0.5, 0.6) is 0 Å². The number of carboxylic acid groups (broad SMARTS) is 1. The summed E-state index contributed by atoms with van der Waals surface area (Å²) in [5.41, 5.74) is 3.32. The Morgan fingerprint density at radius 1 is 1.10 bits per heavy atom. The van der Waals surface area contributed by atoms with Gasteiger partial charge in [-0.25, -0.2) is 0 Å². The first-order valence-electron chi connectivity index (χ1n) is 6.23. The fourth-order valence-corrected chi connectivity index (χ4v) is 2.65. The Hall–Kier alpha value is -2.26. The number of para-hydroxylation sites is 1. The van der Waals surface area contributed by atoms with Crippen molar-refractivity contribution >= 4 is 28.5 Å². The van der Waals surface area contributed by atoms with Crippen LogP contribution in [-0.2, 0) is 11.2 Å². The molecule has 100 valence electrons. The van der Waals surface area contributed by atoms with Crippen molar-refractivity contribution < 1.29 is 9.90 Å². The van der Waals surface area contributed by atoms with E-state index < -0.39 is 5.97 Å². The van der Waals surface area contributed by atoms with Crippen LogP contribution in [0, 0.1) is 0 Å². The molecule has 0 aliphatic rings. The molecule has 0 saturated heterocycles. The number of H-pyrrole nitrogens is 1. The largest absolute Gasteiger partial charge is 0.481 e. The average Bonchev–Trinajstić information content (AvgIpc) is 2.80. The van der Waals surface area contributed by atoms with Gasteiger partial charge in [0.2, 0.25) is 0 Å². The average molecular weight is 286 g/mol. The van der Waals surface area contributed by atoms with Gasteiger partial charge in [0.1, 0.15) is 0 Å². The molecule has 0 aliphatic carbocycles. The van der Waals surface area contributed by atoms with E-state index in [-0.39, 0.29) is 6.42 Å². The van der Waals surface area contributed by atoms with Crippen molar-refractivity contribution in [2.24, 2.45) is 0 Å². The Morgan fingerprint density at radius 2 is 1.85 bits per heavy atom. The smallest absolute Gasteiger partial charge is 0.307 e. The normalized spacial score (nSPS) is 10.8. The Balaban J connectivity index is 2.30. The quantitative estimate of drug-likeness (QED) is 0.761. The maximum Gasteiger partial charge on any atom is 0.307 e. The zero-order valence-electron chi connectivity index (χ0n) is 10.6. The van der Waals surface area contributed by atoms with Crippen LogP contribution in [0.3, 0.4) is 0 Å². The minimum atomic E-state index is -0.858. The summed E-state index contributed by atoms with van der Waals surface area (Å²) in [4.78, 5) is 14.4. The summed E-state index contributed by atoms with van der Waals surface area (Å²) >= 11 is 6.19. The van der Waals surface area contributed by atoms with Gasteiger partial charge in [-0.15, -0.1) is 0 Å². The van der Waals surface area contributed by atoms with Gasteiger partial charge in [0, 0.05) is 5.39 Å². The molecule has 1 heterocycles. The monoisotopic (exact) mass is 285 g/mol. The van der Waals surface area contributed by atoms with Crippen molar-refractivity contribution in [3.63, 3.8) is 0 Å². The molecule has 3 rings (SSSR count). The van der Waals surface area contributed by atoms with Crippen LogP contribution in [0.25, 0.3) is 22.2 Å². The van der Waals surface area contributed by atoms with E-state index in [4.69, 9.17) is 16.7 Å². The van der Waals surface area contributed by atoms with Gasteiger partial charge in [0.25, 0.3) is 0 Å². The first-order chi connectivity index (χ1) is 9.66. The number of benzene rings is 2. The fourth-order valence-electron chi connectivity index (χ4n) is 2.42. The minimum absolute atomic E-state index is 0.0371. The molecule has 0 fully saturated rings. The molecule has 0 unspecified atom stereocenters. The summed E-state index contributed by atoms with van der Waals surface area (Å²) in [5.74, 6) is -0.858. The van der Waals surface area contributed by atoms with Crippen LogP contribution in [0.1, 0.15) is 5.56 Å². The summed E-state index contributed by atoms with van der Waals surface area (Å²) in [6, 6.07) is 15.2. The van der Waals surface area contributed by atoms with Crippen LogP contribution in [0.15, 0.2) is 48.5 Å². The van der Waals surface area contributed by atoms with Crippen molar-refractivity contribution in [3.05, 3.63) is 59.1 Å². The fraction of sp³-hybridized carbons (Fsp3) is 0.0625. The Bertz CT molecular complexity index is 778. The molecule has 0 atom stereocenters. The number of hydrogen-bond acceptors (Lipinski definition) is 1. The molecule has 3 aromatic rings. The zero-order chi connectivity index (χ0) is 14.1. The third kappa shape index (κ3) is 2.17. The van der Waals surface area contributed by atoms with E-state index in [2.05, 4.69) is 4.98 Å². The van der Waals surface area contributed by atoms with Crippen LogP contribution in [0.2, 0.25) is 5.02 Å². The number of hydrogen-bond donors (Lipinski definition) is 2. The maximum absolute atomic E-state index is 11.1. The first-order valence-corrected chi connectivity index (χ1v) is 6.61. The van der Waals surface area contributed by atoms with Crippen LogP contribution in [-0.4, -0.2) is 16.1 Å². The van der Waals surface area contributed by atoms with Gasteiger partial charge in [-0.3, -0.25) is 4.79 Å². The maximum atomic E-state index is 11.1. The molecular weight excluding hydrogens is 274 g/mol. The lowest BCUT2D eigenvalue weighted by atomic mass is 10.0. The molecule has 0 bridgehead atoms. The van der Waals surface area contributed by atoms with Crippen molar-refractivity contribution in [3.8, 4) is 11.3 Å². The topological polar surface area (TPSA) is 53.1 Å². The molecule has 4 heteroatoms. The lowest BCUT2D eigenvalue weighted by Gasteiger charge is -2.02. The highest BCUT2D eigenvalue weighted by atomic mass is 35.5. The molecule has 3 nitrogen and oxygen atoms in total. The number of fused-ring (bicyclic) bond motifs is 1. The molecule has 0 radical (unpaired) electrons. The highest BCUT2D eigenvalue weighted by Gasteiger charge is 2.16. The number of nitrogens with one attached hydrogen (secondary N) is 1.